The maximum Gasteiger partial charge on any atom is 1.00 e. The number of hydrogen-bond acceptors (Lipinski definition) is 6. The first kappa shape index (κ1) is 31.7. The van der Waals surface area contributed by atoms with Crippen molar-refractivity contribution >= 4 is 39.3 Å². The number of carboxylic acids is 1. The van der Waals surface area contributed by atoms with Crippen molar-refractivity contribution in [3.8, 4) is 21.6 Å². The van der Waals surface area contributed by atoms with E-state index in [1.807, 2.05) is 66.7 Å². The monoisotopic (exact) mass is 624 g/mol. The molecule has 0 aliphatic heterocycles. The van der Waals surface area contributed by atoms with Gasteiger partial charge in [0.1, 0.15) is 16.6 Å². The summed E-state index contributed by atoms with van der Waals surface area (Å²) in [6, 6.07) is 26.0. The van der Waals surface area contributed by atoms with Gasteiger partial charge in [0.2, 0.25) is 0 Å². The van der Waals surface area contributed by atoms with Crippen LogP contribution in [0.4, 0.5) is 23.7 Å². The summed E-state index contributed by atoms with van der Waals surface area (Å²) in [4.78, 5) is 29.0. The molecule has 3 aromatic carbocycles. The summed E-state index contributed by atoms with van der Waals surface area (Å²) in [5.74, 6) is -1.06. The van der Waals surface area contributed by atoms with Gasteiger partial charge in [-0.2, -0.15) is 13.2 Å². The number of nitrogens with zero attached hydrogens (tertiary/aromatic N) is 1. The van der Waals surface area contributed by atoms with Crippen LogP contribution < -0.4 is 40.0 Å². The molecule has 1 aliphatic rings. The molecule has 0 radical (unpaired) electrons. The van der Waals surface area contributed by atoms with Crippen molar-refractivity contribution in [3.05, 3.63) is 108 Å². The minimum atomic E-state index is -4.62. The van der Waals surface area contributed by atoms with Crippen molar-refractivity contribution in [1.82, 2.24) is 4.98 Å². The van der Waals surface area contributed by atoms with Gasteiger partial charge in [-0.1, -0.05) is 78.9 Å². The molecule has 1 aliphatic carbocycles. The van der Waals surface area contributed by atoms with Crippen LogP contribution in [0.2, 0.25) is 0 Å². The summed E-state index contributed by atoms with van der Waals surface area (Å²) in [5, 5.41) is 14.7. The molecule has 6 nitrogen and oxygen atoms in total. The predicted molar refractivity (Wildman–Crippen MR) is 156 cm³/mol. The van der Waals surface area contributed by atoms with Crippen molar-refractivity contribution in [1.29, 1.82) is 0 Å². The van der Waals surface area contributed by atoms with Gasteiger partial charge in [0.05, 0.1) is 16.5 Å². The smallest absolute Gasteiger partial charge is 0.549 e. The first-order chi connectivity index (χ1) is 20.5. The Hall–Kier alpha value is -3.70. The number of rotatable bonds is 7. The molecule has 218 valence electrons. The predicted octanol–water partition coefficient (Wildman–Crippen LogP) is 4.74. The van der Waals surface area contributed by atoms with Crippen LogP contribution in [-0.2, 0) is 21.1 Å². The second kappa shape index (κ2) is 12.4. The number of aliphatic carboxylic acids is 1. The third-order valence-electron chi connectivity index (χ3n) is 7.68. The fraction of sp³-hybridized carbons (Fsp3) is 0.182. The van der Waals surface area contributed by atoms with Crippen LogP contribution >= 0.6 is 11.3 Å². The van der Waals surface area contributed by atoms with Gasteiger partial charge in [-0.05, 0) is 59.7 Å². The molecule has 2 heterocycles. The summed E-state index contributed by atoms with van der Waals surface area (Å²) in [7, 11) is 0. The van der Waals surface area contributed by atoms with E-state index < -0.39 is 35.5 Å². The Balaban J connectivity index is 0.00000384. The number of amides is 1. The first-order valence-electron chi connectivity index (χ1n) is 13.5. The second-order valence-corrected chi connectivity index (χ2v) is 11.5. The maximum atomic E-state index is 13.4. The van der Waals surface area contributed by atoms with E-state index >= 15 is 0 Å². The van der Waals surface area contributed by atoms with Crippen molar-refractivity contribution in [2.75, 3.05) is 5.32 Å². The topological polar surface area (TPSA) is 91.3 Å². The fourth-order valence-electron chi connectivity index (χ4n) is 5.08. The van der Waals surface area contributed by atoms with E-state index in [0.717, 1.165) is 34.1 Å². The van der Waals surface area contributed by atoms with Gasteiger partial charge in [-0.3, -0.25) is 5.32 Å². The quantitative estimate of drug-likeness (QED) is 0.264. The number of alkyl halides is 3. The summed E-state index contributed by atoms with van der Waals surface area (Å²) in [5.41, 5.74) is 2.29. The Morgan fingerprint density at radius 3 is 2.07 bits per heavy atom. The van der Waals surface area contributed by atoms with Crippen LogP contribution in [0.5, 0.6) is 0 Å². The SMILES string of the molecule is C[C@@H](OC(=O)Nc1c(-c2ccc(-c3ccc(C4(C(=O)[O-])CC4)cc3)cc2)sc2nc(C(F)(F)F)ccc12)c1ccccc1.[Na+]. The van der Waals surface area contributed by atoms with E-state index in [-0.39, 0.29) is 34.4 Å². The average Bonchev–Trinajstić information content (AvgIpc) is 3.75. The number of benzene rings is 3. The van der Waals surface area contributed by atoms with Gasteiger partial charge in [0, 0.05) is 10.8 Å². The van der Waals surface area contributed by atoms with Crippen LogP contribution in [0, 0.1) is 0 Å². The number of carbonyl (C=O) groups is 2. The minimum Gasteiger partial charge on any atom is -0.549 e. The zero-order chi connectivity index (χ0) is 30.4. The van der Waals surface area contributed by atoms with Gasteiger partial charge in [0.25, 0.3) is 0 Å². The molecular weight excluding hydrogens is 600 g/mol. The van der Waals surface area contributed by atoms with E-state index in [2.05, 4.69) is 10.3 Å². The molecule has 1 fully saturated rings. The molecule has 0 spiro atoms. The van der Waals surface area contributed by atoms with Crippen LogP contribution in [0.15, 0.2) is 91.0 Å². The van der Waals surface area contributed by atoms with Gasteiger partial charge < -0.3 is 14.6 Å². The molecular formula is C33H24F3N2NaO4S. The number of carboxylic acid groups (broad SMARTS) is 1. The zero-order valence-electron chi connectivity index (χ0n) is 23.8. The van der Waals surface area contributed by atoms with Crippen molar-refractivity contribution in [3.63, 3.8) is 0 Å². The number of aromatic nitrogens is 1. The van der Waals surface area contributed by atoms with Crippen molar-refractivity contribution < 1.29 is 62.2 Å². The van der Waals surface area contributed by atoms with Gasteiger partial charge >= 0.3 is 41.8 Å². The number of carbonyl (C=O) groups excluding carboxylic acids is 2. The number of halogens is 3. The summed E-state index contributed by atoms with van der Waals surface area (Å²) in [6.45, 7) is 1.73. The number of ether oxygens (including phenoxy) is 1. The van der Waals surface area contributed by atoms with Crippen molar-refractivity contribution in [2.24, 2.45) is 0 Å². The van der Waals surface area contributed by atoms with E-state index in [9.17, 15) is 27.9 Å². The van der Waals surface area contributed by atoms with E-state index in [4.69, 9.17) is 4.74 Å². The summed E-state index contributed by atoms with van der Waals surface area (Å²) < 4.78 is 45.8. The van der Waals surface area contributed by atoms with Crippen LogP contribution in [0.25, 0.3) is 31.8 Å². The number of fused-ring (bicyclic) bond motifs is 1. The largest absolute Gasteiger partial charge is 1.00 e. The second-order valence-electron chi connectivity index (χ2n) is 10.5. The molecule has 0 bridgehead atoms. The molecule has 44 heavy (non-hydrogen) atoms. The standard InChI is InChI=1S/C33H25F3N2O4S.Na/c1-19(20-5-3-2-4-6-20)42-31(41)38-27-25-15-16-26(33(34,35)36)37-29(25)43-28(27)23-9-7-21(8-10-23)22-11-13-24(14-12-22)32(17-18-32)30(39)40;/h2-16,19H,17-18H2,1H3,(H,38,41)(H,39,40);/q;+1/p-1/t19-;/m1./s1. The fourth-order valence-corrected chi connectivity index (χ4v) is 6.21. The molecule has 6 rings (SSSR count). The van der Waals surface area contributed by atoms with Crippen LogP contribution in [0.3, 0.4) is 0 Å². The van der Waals surface area contributed by atoms with Crippen molar-refractivity contribution in [2.45, 2.75) is 37.5 Å². The molecule has 0 unspecified atom stereocenters. The number of hydrogen-bond donors (Lipinski definition) is 1. The molecule has 1 atom stereocenters. The Labute approximate surface area is 277 Å². The van der Waals surface area contributed by atoms with E-state index in [1.54, 1.807) is 19.1 Å². The third-order valence-corrected chi connectivity index (χ3v) is 8.83. The number of anilines is 1. The maximum absolute atomic E-state index is 13.4. The summed E-state index contributed by atoms with van der Waals surface area (Å²) in [6.07, 6.45) is -4.80. The van der Waals surface area contributed by atoms with Crippen LogP contribution in [0.1, 0.15) is 42.7 Å². The molecule has 0 saturated heterocycles. The van der Waals surface area contributed by atoms with Crippen LogP contribution in [-0.4, -0.2) is 17.0 Å². The minimum absolute atomic E-state index is 0. The third kappa shape index (κ3) is 6.25. The molecule has 1 saturated carbocycles. The average molecular weight is 625 g/mol. The molecule has 1 N–H and O–H groups in total. The van der Waals surface area contributed by atoms with E-state index in [0.29, 0.717) is 39.9 Å². The van der Waals surface area contributed by atoms with Gasteiger partial charge in [0.15, 0.2) is 0 Å². The van der Waals surface area contributed by atoms with Gasteiger partial charge in [-0.15, -0.1) is 11.3 Å². The molecule has 5 aromatic rings. The van der Waals surface area contributed by atoms with Gasteiger partial charge in [-0.25, -0.2) is 9.78 Å². The molecule has 1 amide bonds. The normalized spacial score (nSPS) is 14.4. The Morgan fingerprint density at radius 1 is 0.909 bits per heavy atom. The zero-order valence-corrected chi connectivity index (χ0v) is 26.6. The number of thiophene rings is 1. The first-order valence-corrected chi connectivity index (χ1v) is 14.3. The Kier molecular flexibility index (Phi) is 8.91. The Morgan fingerprint density at radius 2 is 1.50 bits per heavy atom. The van der Waals surface area contributed by atoms with E-state index in [1.165, 1.54) is 6.07 Å². The Bertz CT molecular complexity index is 1820. The molecule has 11 heteroatoms. The number of pyridine rings is 1. The molecule has 2 aromatic heterocycles. The summed E-state index contributed by atoms with van der Waals surface area (Å²) >= 11 is 1.04. The number of nitrogens with one attached hydrogen (secondary N) is 1.